The normalized spacial score (nSPS) is 16.8. The maximum absolute atomic E-state index is 6.17. The van der Waals surface area contributed by atoms with E-state index in [-0.39, 0.29) is 5.92 Å². The van der Waals surface area contributed by atoms with E-state index in [2.05, 4.69) is 59.6 Å². The number of hydrogen-bond acceptors (Lipinski definition) is 3. The Labute approximate surface area is 220 Å². The van der Waals surface area contributed by atoms with Crippen LogP contribution in [-0.4, -0.2) is 29.1 Å². The van der Waals surface area contributed by atoms with Crippen molar-refractivity contribution in [1.29, 1.82) is 0 Å². The van der Waals surface area contributed by atoms with Gasteiger partial charge in [-0.05, 0) is 59.5 Å². The lowest BCUT2D eigenvalue weighted by Crippen LogP contribution is -2.35. The van der Waals surface area contributed by atoms with Gasteiger partial charge in [-0.15, -0.1) is 0 Å². The fourth-order valence-electron chi connectivity index (χ4n) is 4.27. The van der Waals surface area contributed by atoms with Gasteiger partial charge in [0, 0.05) is 34.3 Å². The number of hydrogen-bond donors (Lipinski definition) is 1. The molecule has 4 aromatic rings. The Morgan fingerprint density at radius 1 is 0.944 bits per heavy atom. The Morgan fingerprint density at radius 2 is 1.67 bits per heavy atom. The molecule has 0 fully saturated rings. The van der Waals surface area contributed by atoms with E-state index < -0.39 is 0 Å². The fraction of sp³-hybridized carbons (Fsp3) is 0.138. The third-order valence-corrected chi connectivity index (χ3v) is 6.96. The molecule has 1 unspecified atom stereocenters. The van der Waals surface area contributed by atoms with Crippen LogP contribution in [0.25, 0.3) is 10.8 Å². The minimum Gasteiger partial charge on any atom is -0.387 e. The summed E-state index contributed by atoms with van der Waals surface area (Å²) in [6.45, 7) is 2.43. The smallest absolute Gasteiger partial charge is 0.255 e. The van der Waals surface area contributed by atoms with E-state index in [0.29, 0.717) is 23.4 Å². The largest absolute Gasteiger partial charge is 0.387 e. The molecule has 0 aromatic heterocycles. The van der Waals surface area contributed by atoms with E-state index in [4.69, 9.17) is 26.8 Å². The van der Waals surface area contributed by atoms with Gasteiger partial charge < -0.3 is 5.73 Å². The summed E-state index contributed by atoms with van der Waals surface area (Å²) in [5.74, 6) is 1.06. The summed E-state index contributed by atoms with van der Waals surface area (Å²) in [7, 11) is 0. The molecular weight excluding hydrogens is 486 g/mol. The van der Waals surface area contributed by atoms with Gasteiger partial charge in [0.1, 0.15) is 0 Å². The summed E-state index contributed by atoms with van der Waals surface area (Å²) in [6.07, 6.45) is 0.865. The Morgan fingerprint density at radius 3 is 2.42 bits per heavy atom. The highest BCUT2D eigenvalue weighted by Crippen LogP contribution is 2.31. The van der Waals surface area contributed by atoms with Crippen LogP contribution in [0.4, 0.5) is 0 Å². The lowest BCUT2D eigenvalue weighted by Gasteiger charge is -2.30. The van der Waals surface area contributed by atoms with E-state index in [0.717, 1.165) is 22.6 Å². The molecule has 7 heteroatoms. The van der Waals surface area contributed by atoms with Gasteiger partial charge in [0.05, 0.1) is 11.5 Å². The van der Waals surface area contributed by atoms with Gasteiger partial charge in [-0.1, -0.05) is 84.4 Å². The molecule has 0 bridgehead atoms. The number of aliphatic imine (C=N–C) groups is 1. The minimum atomic E-state index is 0.154. The summed E-state index contributed by atoms with van der Waals surface area (Å²) in [4.78, 5) is 5.56. The van der Waals surface area contributed by atoms with Crippen molar-refractivity contribution in [3.05, 3.63) is 113 Å². The average molecular weight is 512 g/mol. The third kappa shape index (κ3) is 5.61. The van der Waals surface area contributed by atoms with Gasteiger partial charge in [-0.2, -0.15) is 14.5 Å². The van der Waals surface area contributed by atoms with Crippen LogP contribution in [-0.2, 0) is 0 Å². The predicted octanol–water partition coefficient (Wildman–Crippen LogP) is 7.13. The Balaban J connectivity index is 1.51. The van der Waals surface area contributed by atoms with E-state index in [1.807, 2.05) is 47.5 Å². The van der Waals surface area contributed by atoms with Crippen molar-refractivity contribution in [2.75, 3.05) is 6.54 Å². The van der Waals surface area contributed by atoms with Gasteiger partial charge in [0.25, 0.3) is 5.96 Å². The second-order valence-corrected chi connectivity index (χ2v) is 9.88. The zero-order valence-electron chi connectivity index (χ0n) is 19.9. The summed E-state index contributed by atoms with van der Waals surface area (Å²) in [5, 5.41) is 9.97. The van der Waals surface area contributed by atoms with Crippen LogP contribution in [0.1, 0.15) is 30.4 Å². The molecule has 0 radical (unpaired) electrons. The predicted molar refractivity (Wildman–Crippen MR) is 153 cm³/mol. The zero-order valence-corrected chi connectivity index (χ0v) is 21.5. The number of rotatable bonds is 4. The number of amidine groups is 1. The van der Waals surface area contributed by atoms with Gasteiger partial charge in [-0.3, -0.25) is 0 Å². The maximum atomic E-state index is 6.17. The maximum Gasteiger partial charge on any atom is 0.255 e. The highest BCUT2D eigenvalue weighted by molar-refractivity contribution is 7.98. The van der Waals surface area contributed by atoms with E-state index >= 15 is 0 Å². The molecule has 4 aromatic carbocycles. The van der Waals surface area contributed by atoms with E-state index in [9.17, 15) is 0 Å². The first-order valence-electron chi connectivity index (χ1n) is 11.8. The molecule has 1 heterocycles. The van der Waals surface area contributed by atoms with Crippen LogP contribution in [0, 0.1) is 0 Å². The molecule has 36 heavy (non-hydrogen) atoms. The van der Waals surface area contributed by atoms with Gasteiger partial charge in [0.2, 0.25) is 0 Å². The van der Waals surface area contributed by atoms with Crippen LogP contribution < -0.4 is 5.73 Å². The fourth-order valence-corrected chi connectivity index (χ4v) is 5.03. The van der Waals surface area contributed by atoms with Gasteiger partial charge >= 0.3 is 0 Å². The third-order valence-electron chi connectivity index (χ3n) is 5.99. The van der Waals surface area contributed by atoms with Crippen LogP contribution in [0.3, 0.4) is 0 Å². The molecule has 0 amide bonds. The number of nitrogens with zero attached hydrogens (tertiary/aromatic N) is 4. The summed E-state index contributed by atoms with van der Waals surface area (Å²) in [5.41, 5.74) is 9.20. The quantitative estimate of drug-likeness (QED) is 0.180. The second kappa shape index (κ2) is 11.0. The number of hydrazone groups is 1. The molecular formula is C29H26ClN5S. The topological polar surface area (TPSA) is 66.3 Å². The Hall–Kier alpha value is -3.61. The first-order chi connectivity index (χ1) is 17.6. The van der Waals surface area contributed by atoms with E-state index in [1.165, 1.54) is 28.3 Å². The van der Waals surface area contributed by atoms with Crippen LogP contribution >= 0.6 is 23.5 Å². The Bertz CT molecular complexity index is 1440. The monoisotopic (exact) mass is 511 g/mol. The van der Waals surface area contributed by atoms with Crippen LogP contribution in [0.2, 0.25) is 5.02 Å². The molecule has 2 N–H and O–H groups in total. The van der Waals surface area contributed by atoms with Crippen molar-refractivity contribution in [2.24, 2.45) is 20.2 Å². The summed E-state index contributed by atoms with van der Waals surface area (Å²) in [6, 6.07) is 32.9. The lowest BCUT2D eigenvalue weighted by molar-refractivity contribution is 0.400. The molecule has 1 atom stereocenters. The summed E-state index contributed by atoms with van der Waals surface area (Å²) >= 11 is 7.54. The first kappa shape index (κ1) is 24.1. The van der Waals surface area contributed by atoms with Crippen LogP contribution in [0.15, 0.2) is 116 Å². The molecule has 0 spiro atoms. The molecule has 1 aliphatic heterocycles. The number of guanidine groups is 1. The highest BCUT2D eigenvalue weighted by atomic mass is 35.5. The molecule has 5 nitrogen and oxygen atoms in total. The minimum absolute atomic E-state index is 0.154. The molecule has 180 valence electrons. The molecule has 0 saturated carbocycles. The molecule has 1 aliphatic rings. The number of nitrogens with two attached hydrogens (primary N) is 1. The molecule has 0 saturated heterocycles. The number of benzene rings is 4. The average Bonchev–Trinajstić information content (AvgIpc) is 2.91. The number of halogens is 1. The molecule has 0 aliphatic carbocycles. The van der Waals surface area contributed by atoms with Gasteiger partial charge in [0.15, 0.2) is 0 Å². The van der Waals surface area contributed by atoms with E-state index in [1.54, 1.807) is 6.92 Å². The van der Waals surface area contributed by atoms with Crippen molar-refractivity contribution >= 4 is 51.8 Å². The number of fused-ring (bicyclic) bond motifs is 1. The van der Waals surface area contributed by atoms with Crippen molar-refractivity contribution in [3.63, 3.8) is 0 Å². The standard InChI is InChI=1S/C29H26ClN5S/c1-20(31)32-29(34-36-26-16-13-21-7-5-6-10-24(21)19-26)35-18-17-27(22-8-3-2-4-9-22)28(33-35)23-11-14-25(30)15-12-23/h2-16,19,27H,17-18H2,1H3,(H2,31,32,34). The SMILES string of the molecule is C/C(N)=N\C(=N\Sc1ccc2ccccc2c1)N1CCC(c2ccccc2)C(c2ccc(Cl)cc2)=N1. The Kier molecular flexibility index (Phi) is 7.35. The first-order valence-corrected chi connectivity index (χ1v) is 12.9. The summed E-state index contributed by atoms with van der Waals surface area (Å²) < 4.78 is 4.77. The van der Waals surface area contributed by atoms with Crippen molar-refractivity contribution in [3.8, 4) is 0 Å². The molecule has 5 rings (SSSR count). The van der Waals surface area contributed by atoms with Crippen molar-refractivity contribution in [2.45, 2.75) is 24.2 Å². The highest BCUT2D eigenvalue weighted by Gasteiger charge is 2.28. The lowest BCUT2D eigenvalue weighted by atomic mass is 9.86. The van der Waals surface area contributed by atoms with Crippen LogP contribution in [0.5, 0.6) is 0 Å². The van der Waals surface area contributed by atoms with Crippen molar-refractivity contribution in [1.82, 2.24) is 5.01 Å². The zero-order chi connectivity index (χ0) is 24.9. The van der Waals surface area contributed by atoms with Gasteiger partial charge in [-0.25, -0.2) is 5.01 Å². The second-order valence-electron chi connectivity index (χ2n) is 8.61. The van der Waals surface area contributed by atoms with Crippen molar-refractivity contribution < 1.29 is 0 Å².